The summed E-state index contributed by atoms with van der Waals surface area (Å²) in [4.78, 5) is 20.5. The monoisotopic (exact) mass is 444 g/mol. The Labute approximate surface area is 177 Å². The van der Waals surface area contributed by atoms with E-state index in [2.05, 4.69) is 20.1 Å². The first-order chi connectivity index (χ1) is 15.1. The third-order valence-electron chi connectivity index (χ3n) is 4.59. The number of rotatable bonds is 2. The van der Waals surface area contributed by atoms with Crippen LogP contribution in [0.4, 0.5) is 19.0 Å². The summed E-state index contributed by atoms with van der Waals surface area (Å²) in [6.07, 6.45) is 5.88. The van der Waals surface area contributed by atoms with Crippen LogP contribution in [0.15, 0.2) is 53.7 Å². The molecule has 0 amide bonds. The first-order valence-electron chi connectivity index (χ1n) is 9.03. The number of carbonyl (C=O) groups is 1. The van der Waals surface area contributed by atoms with Crippen LogP contribution in [0.5, 0.6) is 0 Å². The van der Waals surface area contributed by atoms with Crippen LogP contribution in [0.25, 0.3) is 44.3 Å². The number of carboxylic acid groups (broad SMARTS) is 1. The highest BCUT2D eigenvalue weighted by Crippen LogP contribution is 2.38. The number of aromatic amines is 1. The Morgan fingerprint density at radius 1 is 1.22 bits per heavy atom. The summed E-state index contributed by atoms with van der Waals surface area (Å²) in [6.45, 7) is 0. The van der Waals surface area contributed by atoms with Crippen molar-refractivity contribution in [1.82, 2.24) is 24.7 Å². The number of nitrogens with one attached hydrogen (secondary N) is 1. The highest BCUT2D eigenvalue weighted by molar-refractivity contribution is 6.02. The largest absolute Gasteiger partial charge is 0.490 e. The van der Waals surface area contributed by atoms with Crippen LogP contribution in [-0.4, -0.2) is 42.0 Å². The zero-order chi connectivity index (χ0) is 23.0. The van der Waals surface area contributed by atoms with Crippen molar-refractivity contribution in [2.75, 3.05) is 5.73 Å². The van der Waals surface area contributed by atoms with Crippen LogP contribution in [0.3, 0.4) is 0 Å². The molecule has 0 spiro atoms. The molecule has 0 atom stereocenters. The van der Waals surface area contributed by atoms with Crippen LogP contribution >= 0.6 is 0 Å². The van der Waals surface area contributed by atoms with Gasteiger partial charge in [0.25, 0.3) is 0 Å². The molecule has 0 aliphatic heterocycles. The molecule has 0 fully saturated rings. The zero-order valence-electron chi connectivity index (χ0n) is 16.4. The van der Waals surface area contributed by atoms with Gasteiger partial charge in [-0.3, -0.25) is 9.67 Å². The molecule has 0 saturated heterocycles. The van der Waals surface area contributed by atoms with E-state index in [1.165, 1.54) is 0 Å². The standard InChI is InChI=1S/C18H14N6O.C2HF3O2/c1-24-9-10(5-23-24)13-6-22-18(19)17-12(13)4-16(25-17)14-7-21-15-8-20-3-2-11(14)15;3-2(4,5)1(6)7/h2-9,21H,1H3,(H2,19,22);(H,6,7). The first-order valence-corrected chi connectivity index (χ1v) is 9.03. The van der Waals surface area contributed by atoms with Crippen molar-refractivity contribution in [1.29, 1.82) is 0 Å². The number of aromatic nitrogens is 5. The summed E-state index contributed by atoms with van der Waals surface area (Å²) in [5.41, 5.74) is 10.5. The molecular weight excluding hydrogens is 429 g/mol. The number of aryl methyl sites for hydroxylation is 1. The van der Waals surface area contributed by atoms with Gasteiger partial charge >= 0.3 is 12.1 Å². The number of furan rings is 1. The van der Waals surface area contributed by atoms with E-state index in [0.29, 0.717) is 11.4 Å². The van der Waals surface area contributed by atoms with Crippen molar-refractivity contribution in [2.45, 2.75) is 6.18 Å². The Morgan fingerprint density at radius 2 is 1.97 bits per heavy atom. The lowest BCUT2D eigenvalue weighted by Gasteiger charge is -2.00. The SMILES string of the molecule is Cn1cc(-c2cnc(N)c3oc(-c4c[nH]c5cnccc45)cc23)cn1.O=C(O)C(F)(F)F. The molecule has 5 aromatic heterocycles. The van der Waals surface area contributed by atoms with Crippen LogP contribution < -0.4 is 5.73 Å². The summed E-state index contributed by atoms with van der Waals surface area (Å²) in [6, 6.07) is 3.96. The van der Waals surface area contributed by atoms with E-state index >= 15 is 0 Å². The van der Waals surface area contributed by atoms with Gasteiger partial charge in [0.05, 0.1) is 17.9 Å². The number of nitrogens with two attached hydrogens (primary N) is 1. The molecule has 0 unspecified atom stereocenters. The Kier molecular flexibility index (Phi) is 5.04. The highest BCUT2D eigenvalue weighted by Gasteiger charge is 2.38. The lowest BCUT2D eigenvalue weighted by molar-refractivity contribution is -0.192. The lowest BCUT2D eigenvalue weighted by Crippen LogP contribution is -2.21. The molecule has 0 aliphatic rings. The lowest BCUT2D eigenvalue weighted by atomic mass is 10.1. The second-order valence-electron chi connectivity index (χ2n) is 6.74. The molecule has 4 N–H and O–H groups in total. The molecule has 164 valence electrons. The van der Waals surface area contributed by atoms with Gasteiger partial charge in [0.15, 0.2) is 11.4 Å². The summed E-state index contributed by atoms with van der Waals surface area (Å²) in [5.74, 6) is -1.65. The van der Waals surface area contributed by atoms with Gasteiger partial charge in [-0.15, -0.1) is 0 Å². The van der Waals surface area contributed by atoms with Crippen LogP contribution in [-0.2, 0) is 11.8 Å². The van der Waals surface area contributed by atoms with E-state index in [1.54, 1.807) is 29.5 Å². The third-order valence-corrected chi connectivity index (χ3v) is 4.59. The number of H-pyrrole nitrogens is 1. The second kappa shape index (κ2) is 7.72. The Balaban J connectivity index is 0.000000307. The number of carboxylic acids is 1. The maximum atomic E-state index is 10.6. The zero-order valence-corrected chi connectivity index (χ0v) is 16.4. The molecule has 0 aliphatic carbocycles. The van der Waals surface area contributed by atoms with Gasteiger partial charge in [0, 0.05) is 59.3 Å². The fourth-order valence-corrected chi connectivity index (χ4v) is 3.14. The molecule has 5 rings (SSSR count). The molecule has 0 radical (unpaired) electrons. The van der Waals surface area contributed by atoms with Crippen molar-refractivity contribution in [3.05, 3.63) is 49.3 Å². The quantitative estimate of drug-likeness (QED) is 0.375. The van der Waals surface area contributed by atoms with Gasteiger partial charge in [-0.1, -0.05) is 0 Å². The third kappa shape index (κ3) is 3.85. The molecule has 9 nitrogen and oxygen atoms in total. The Bertz CT molecular complexity index is 1430. The number of fused-ring (bicyclic) bond motifs is 2. The molecule has 0 bridgehead atoms. The number of halogens is 3. The molecule has 0 saturated carbocycles. The van der Waals surface area contributed by atoms with E-state index in [0.717, 1.165) is 38.7 Å². The summed E-state index contributed by atoms with van der Waals surface area (Å²) >= 11 is 0. The van der Waals surface area contributed by atoms with E-state index in [9.17, 15) is 13.2 Å². The maximum absolute atomic E-state index is 10.6. The van der Waals surface area contributed by atoms with Gasteiger partial charge in [-0.25, -0.2) is 9.78 Å². The first kappa shape index (κ1) is 20.9. The summed E-state index contributed by atoms with van der Waals surface area (Å²) in [7, 11) is 1.88. The second-order valence-corrected chi connectivity index (χ2v) is 6.74. The number of nitrogens with zero attached hydrogens (tertiary/aromatic N) is 4. The van der Waals surface area contributed by atoms with Gasteiger partial charge in [0.2, 0.25) is 0 Å². The van der Waals surface area contributed by atoms with E-state index < -0.39 is 12.1 Å². The predicted octanol–water partition coefficient (Wildman–Crippen LogP) is 3.99. The smallest absolute Gasteiger partial charge is 0.475 e. The number of anilines is 1. The Morgan fingerprint density at radius 3 is 2.62 bits per heavy atom. The fourth-order valence-electron chi connectivity index (χ4n) is 3.14. The normalized spacial score (nSPS) is 11.5. The fraction of sp³-hybridized carbons (Fsp3) is 0.100. The van der Waals surface area contributed by atoms with Gasteiger partial charge in [-0.2, -0.15) is 18.3 Å². The number of aliphatic carboxylic acids is 1. The number of alkyl halides is 3. The minimum absolute atomic E-state index is 0.371. The van der Waals surface area contributed by atoms with Crippen molar-refractivity contribution in [2.24, 2.45) is 7.05 Å². The molecule has 32 heavy (non-hydrogen) atoms. The number of hydrogen-bond donors (Lipinski definition) is 3. The average Bonchev–Trinajstić information content (AvgIpc) is 3.46. The molecule has 5 heterocycles. The van der Waals surface area contributed by atoms with Crippen molar-refractivity contribution in [3.63, 3.8) is 0 Å². The molecular formula is C20H15F3N6O3. The van der Waals surface area contributed by atoms with Crippen molar-refractivity contribution in [3.8, 4) is 22.5 Å². The average molecular weight is 444 g/mol. The van der Waals surface area contributed by atoms with Crippen molar-refractivity contribution >= 4 is 33.7 Å². The maximum Gasteiger partial charge on any atom is 0.490 e. The number of hydrogen-bond acceptors (Lipinski definition) is 6. The summed E-state index contributed by atoms with van der Waals surface area (Å²) in [5, 5.41) is 13.3. The molecule has 12 heteroatoms. The van der Waals surface area contributed by atoms with Crippen LogP contribution in [0.2, 0.25) is 0 Å². The van der Waals surface area contributed by atoms with E-state index in [-0.39, 0.29) is 0 Å². The van der Waals surface area contributed by atoms with Crippen LogP contribution in [0, 0.1) is 0 Å². The molecule has 0 aromatic carbocycles. The van der Waals surface area contributed by atoms with E-state index in [4.69, 9.17) is 20.1 Å². The number of nitrogen functional groups attached to an aromatic ring is 1. The topological polar surface area (TPSA) is 136 Å². The minimum Gasteiger partial charge on any atom is -0.475 e. The van der Waals surface area contributed by atoms with Crippen molar-refractivity contribution < 1.29 is 27.5 Å². The summed E-state index contributed by atoms with van der Waals surface area (Å²) < 4.78 is 39.6. The number of pyridine rings is 2. The molecule has 5 aromatic rings. The highest BCUT2D eigenvalue weighted by atomic mass is 19.4. The van der Waals surface area contributed by atoms with E-state index in [1.807, 2.05) is 31.6 Å². The Hall–Kier alpha value is -4.35. The van der Waals surface area contributed by atoms with Gasteiger partial charge in [0.1, 0.15) is 5.76 Å². The van der Waals surface area contributed by atoms with Crippen LogP contribution in [0.1, 0.15) is 0 Å². The minimum atomic E-state index is -5.08. The van der Waals surface area contributed by atoms with Gasteiger partial charge in [-0.05, 0) is 12.1 Å². The predicted molar refractivity (Wildman–Crippen MR) is 109 cm³/mol. The van der Waals surface area contributed by atoms with Gasteiger partial charge < -0.3 is 20.2 Å².